The first-order chi connectivity index (χ1) is 8.27. The lowest BCUT2D eigenvalue weighted by Gasteiger charge is -2.25. The number of anilines is 1. The van der Waals surface area contributed by atoms with Crippen LogP contribution < -0.4 is 5.73 Å². The van der Waals surface area contributed by atoms with Gasteiger partial charge in [0, 0.05) is 5.92 Å². The average Bonchev–Trinajstić information content (AvgIpc) is 2.60. The van der Waals surface area contributed by atoms with E-state index in [0.717, 1.165) is 18.5 Å². The van der Waals surface area contributed by atoms with E-state index in [1.54, 1.807) is 18.2 Å². The van der Waals surface area contributed by atoms with Crippen LogP contribution in [0.5, 0.6) is 0 Å². The van der Waals surface area contributed by atoms with E-state index in [0.29, 0.717) is 17.4 Å². The first kappa shape index (κ1) is 10.3. The minimum atomic E-state index is -0.307. The molecule has 1 aromatic carbocycles. The molecule has 2 N–H and O–H groups in total. The number of aromatic nitrogens is 3. The lowest BCUT2D eigenvalue weighted by Crippen LogP contribution is -2.16. The second kappa shape index (κ2) is 3.84. The normalized spacial score (nSPS) is 15.8. The van der Waals surface area contributed by atoms with Crippen molar-refractivity contribution in [3.8, 4) is 5.69 Å². The summed E-state index contributed by atoms with van der Waals surface area (Å²) >= 11 is 0. The molecule has 0 amide bonds. The summed E-state index contributed by atoms with van der Waals surface area (Å²) in [5.41, 5.74) is 7.09. The molecule has 0 spiro atoms. The van der Waals surface area contributed by atoms with Gasteiger partial charge in [0.2, 0.25) is 0 Å². The Balaban J connectivity index is 2.12. The van der Waals surface area contributed by atoms with Gasteiger partial charge in [-0.05, 0) is 25.0 Å². The van der Waals surface area contributed by atoms with Crippen molar-refractivity contribution >= 4 is 5.82 Å². The van der Waals surface area contributed by atoms with Crippen LogP contribution in [-0.4, -0.2) is 15.0 Å². The lowest BCUT2D eigenvalue weighted by molar-refractivity contribution is 0.403. The molecule has 3 rings (SSSR count). The predicted molar refractivity (Wildman–Crippen MR) is 62.3 cm³/mol. The molecule has 1 heterocycles. The fraction of sp³-hybridized carbons (Fsp3) is 0.333. The fourth-order valence-corrected chi connectivity index (χ4v) is 2.17. The highest BCUT2D eigenvalue weighted by atomic mass is 19.1. The summed E-state index contributed by atoms with van der Waals surface area (Å²) in [5, 5.41) is 7.81. The predicted octanol–water partition coefficient (Wildman–Crippen LogP) is 2.26. The molecule has 0 unspecified atom stereocenters. The van der Waals surface area contributed by atoms with Crippen molar-refractivity contribution in [2.75, 3.05) is 5.73 Å². The number of rotatable bonds is 2. The average molecular weight is 232 g/mol. The van der Waals surface area contributed by atoms with Gasteiger partial charge in [-0.15, -0.1) is 5.10 Å². The maximum absolute atomic E-state index is 13.7. The molecular formula is C12H13FN4. The zero-order chi connectivity index (χ0) is 11.8. The quantitative estimate of drug-likeness (QED) is 0.864. The van der Waals surface area contributed by atoms with Gasteiger partial charge in [0.15, 0.2) is 5.82 Å². The monoisotopic (exact) mass is 232 g/mol. The second-order valence-corrected chi connectivity index (χ2v) is 4.35. The lowest BCUT2D eigenvalue weighted by atomic mass is 9.82. The summed E-state index contributed by atoms with van der Waals surface area (Å²) in [5.74, 6) is 0.473. The summed E-state index contributed by atoms with van der Waals surface area (Å²) in [6.07, 6.45) is 3.34. The van der Waals surface area contributed by atoms with Gasteiger partial charge in [-0.25, -0.2) is 9.07 Å². The van der Waals surface area contributed by atoms with E-state index in [-0.39, 0.29) is 5.82 Å². The minimum Gasteiger partial charge on any atom is -0.381 e. The number of hydrogen-bond acceptors (Lipinski definition) is 3. The highest BCUT2D eigenvalue weighted by Crippen LogP contribution is 2.39. The zero-order valence-corrected chi connectivity index (χ0v) is 9.31. The minimum absolute atomic E-state index is 0.307. The molecule has 0 bridgehead atoms. The van der Waals surface area contributed by atoms with Gasteiger partial charge in [0.25, 0.3) is 0 Å². The van der Waals surface area contributed by atoms with Gasteiger partial charge < -0.3 is 5.73 Å². The smallest absolute Gasteiger partial charge is 0.169 e. The molecule has 1 fully saturated rings. The molecule has 1 saturated carbocycles. The summed E-state index contributed by atoms with van der Waals surface area (Å²) in [7, 11) is 0. The third kappa shape index (κ3) is 1.58. The Bertz CT molecular complexity index is 545. The van der Waals surface area contributed by atoms with Gasteiger partial charge in [-0.1, -0.05) is 23.8 Å². The summed E-state index contributed by atoms with van der Waals surface area (Å²) in [4.78, 5) is 0. The van der Waals surface area contributed by atoms with E-state index >= 15 is 0 Å². The number of nitrogens with zero attached hydrogens (tertiary/aromatic N) is 3. The van der Waals surface area contributed by atoms with Gasteiger partial charge in [-0.3, -0.25) is 0 Å². The first-order valence-corrected chi connectivity index (χ1v) is 5.73. The summed E-state index contributed by atoms with van der Waals surface area (Å²) in [6, 6.07) is 6.53. The van der Waals surface area contributed by atoms with Gasteiger partial charge in [0.1, 0.15) is 11.5 Å². The molecule has 0 radical (unpaired) electrons. The van der Waals surface area contributed by atoms with Crippen LogP contribution in [0.1, 0.15) is 30.9 Å². The van der Waals surface area contributed by atoms with Crippen molar-refractivity contribution < 1.29 is 4.39 Å². The molecule has 1 aliphatic rings. The third-order valence-corrected chi connectivity index (χ3v) is 3.31. The van der Waals surface area contributed by atoms with E-state index in [9.17, 15) is 4.39 Å². The number of hydrogen-bond donors (Lipinski definition) is 1. The molecule has 0 aliphatic heterocycles. The third-order valence-electron chi connectivity index (χ3n) is 3.31. The maximum atomic E-state index is 13.7. The highest BCUT2D eigenvalue weighted by Gasteiger charge is 2.27. The van der Waals surface area contributed by atoms with Crippen molar-refractivity contribution in [3.63, 3.8) is 0 Å². The Morgan fingerprint density at radius 3 is 2.71 bits per heavy atom. The van der Waals surface area contributed by atoms with Crippen LogP contribution in [0.15, 0.2) is 24.3 Å². The Labute approximate surface area is 98.2 Å². The van der Waals surface area contributed by atoms with E-state index in [2.05, 4.69) is 10.3 Å². The molecule has 17 heavy (non-hydrogen) atoms. The maximum Gasteiger partial charge on any atom is 0.169 e. The molecule has 88 valence electrons. The van der Waals surface area contributed by atoms with E-state index in [4.69, 9.17) is 5.73 Å². The number of benzene rings is 1. The molecule has 5 heteroatoms. The largest absolute Gasteiger partial charge is 0.381 e. The SMILES string of the molecule is Nc1nnn(-c2ccccc2F)c1C1CCC1. The molecule has 1 aliphatic carbocycles. The van der Waals surface area contributed by atoms with Crippen LogP contribution in [0.2, 0.25) is 0 Å². The molecule has 1 aromatic heterocycles. The zero-order valence-electron chi connectivity index (χ0n) is 9.31. The van der Waals surface area contributed by atoms with Crippen LogP contribution in [0.3, 0.4) is 0 Å². The van der Waals surface area contributed by atoms with Gasteiger partial charge in [-0.2, -0.15) is 0 Å². The Morgan fingerprint density at radius 1 is 1.29 bits per heavy atom. The van der Waals surface area contributed by atoms with Crippen molar-refractivity contribution in [2.45, 2.75) is 25.2 Å². The topological polar surface area (TPSA) is 56.7 Å². The summed E-state index contributed by atoms with van der Waals surface area (Å²) in [6.45, 7) is 0. The van der Waals surface area contributed by atoms with E-state index < -0.39 is 0 Å². The van der Waals surface area contributed by atoms with Crippen molar-refractivity contribution in [2.24, 2.45) is 0 Å². The molecule has 4 nitrogen and oxygen atoms in total. The van der Waals surface area contributed by atoms with Crippen LogP contribution in [0.4, 0.5) is 10.2 Å². The summed E-state index contributed by atoms with van der Waals surface area (Å²) < 4.78 is 15.3. The van der Waals surface area contributed by atoms with Gasteiger partial charge >= 0.3 is 0 Å². The van der Waals surface area contributed by atoms with Gasteiger partial charge in [0.05, 0.1) is 5.69 Å². The number of para-hydroxylation sites is 1. The molecule has 0 atom stereocenters. The second-order valence-electron chi connectivity index (χ2n) is 4.35. The first-order valence-electron chi connectivity index (χ1n) is 5.73. The Hall–Kier alpha value is -1.91. The number of nitrogen functional groups attached to an aromatic ring is 1. The van der Waals surface area contributed by atoms with Crippen molar-refractivity contribution in [3.05, 3.63) is 35.8 Å². The Kier molecular flexibility index (Phi) is 2.31. The standard InChI is InChI=1S/C12H13FN4/c13-9-6-1-2-7-10(9)17-11(8-4-3-5-8)12(14)15-16-17/h1-2,6-8H,3-5,14H2. The van der Waals surface area contributed by atoms with E-state index in [1.165, 1.54) is 17.2 Å². The van der Waals surface area contributed by atoms with Crippen LogP contribution in [0.25, 0.3) is 5.69 Å². The number of halogens is 1. The van der Waals surface area contributed by atoms with Crippen LogP contribution in [-0.2, 0) is 0 Å². The van der Waals surface area contributed by atoms with Crippen molar-refractivity contribution in [1.29, 1.82) is 0 Å². The number of nitrogens with two attached hydrogens (primary N) is 1. The van der Waals surface area contributed by atoms with Crippen LogP contribution in [0, 0.1) is 5.82 Å². The van der Waals surface area contributed by atoms with Crippen molar-refractivity contribution in [1.82, 2.24) is 15.0 Å². The molecular weight excluding hydrogens is 219 g/mol. The Morgan fingerprint density at radius 2 is 2.06 bits per heavy atom. The highest BCUT2D eigenvalue weighted by molar-refractivity contribution is 5.44. The molecule has 0 saturated heterocycles. The van der Waals surface area contributed by atoms with E-state index in [1.807, 2.05) is 0 Å². The molecule has 2 aromatic rings. The van der Waals surface area contributed by atoms with Crippen LogP contribution >= 0.6 is 0 Å². The fourth-order valence-electron chi connectivity index (χ4n) is 2.17.